The van der Waals surface area contributed by atoms with Crippen molar-refractivity contribution in [1.82, 2.24) is 14.1 Å². The first-order valence-electron chi connectivity index (χ1n) is 9.80. The number of nitrogens with one attached hydrogen (secondary N) is 1. The highest BCUT2D eigenvalue weighted by Crippen LogP contribution is 2.36. The molecule has 29 heavy (non-hydrogen) atoms. The van der Waals surface area contributed by atoms with Gasteiger partial charge in [-0.05, 0) is 37.5 Å². The summed E-state index contributed by atoms with van der Waals surface area (Å²) < 4.78 is 9.64. The van der Waals surface area contributed by atoms with E-state index < -0.39 is 5.91 Å². The third-order valence-corrected chi connectivity index (χ3v) is 5.16. The molecular formula is C21H25N5O3. The van der Waals surface area contributed by atoms with E-state index in [1.807, 2.05) is 48.4 Å². The summed E-state index contributed by atoms with van der Waals surface area (Å²) in [6, 6.07) is 5.67. The van der Waals surface area contributed by atoms with Crippen LogP contribution in [0.2, 0.25) is 0 Å². The number of aromatic nitrogens is 3. The Labute approximate surface area is 168 Å². The third-order valence-electron chi connectivity index (χ3n) is 5.16. The van der Waals surface area contributed by atoms with Gasteiger partial charge in [-0.25, -0.2) is 4.98 Å². The Morgan fingerprint density at radius 3 is 2.72 bits per heavy atom. The number of nitrogens with zero attached hydrogens (tertiary/aromatic N) is 3. The van der Waals surface area contributed by atoms with Gasteiger partial charge in [-0.2, -0.15) is 0 Å². The maximum absolute atomic E-state index is 12.1. The minimum absolute atomic E-state index is 0.0595. The van der Waals surface area contributed by atoms with Gasteiger partial charge in [0.1, 0.15) is 5.69 Å². The number of carbonyl (C=O) groups excluding carboxylic acids is 2. The number of aryl methyl sites for hydroxylation is 2. The molecule has 0 saturated heterocycles. The van der Waals surface area contributed by atoms with Crippen LogP contribution < -0.4 is 15.8 Å². The SMILES string of the molecule is CCCOc1c(C(N)=O)cn(C)c1-c1nc2cc(NC(=O)C3CC3)ccc2n1C. The molecule has 152 valence electrons. The molecule has 1 aliphatic rings. The first-order chi connectivity index (χ1) is 13.9. The molecule has 3 aromatic rings. The van der Waals surface area contributed by atoms with Crippen LogP contribution >= 0.6 is 0 Å². The van der Waals surface area contributed by atoms with Gasteiger partial charge in [-0.15, -0.1) is 0 Å². The summed E-state index contributed by atoms with van der Waals surface area (Å²) in [6.07, 6.45) is 4.39. The molecule has 2 amide bonds. The molecule has 0 aliphatic heterocycles. The normalized spacial score (nSPS) is 13.6. The van der Waals surface area contributed by atoms with E-state index in [0.717, 1.165) is 36.0 Å². The number of anilines is 1. The second-order valence-corrected chi connectivity index (χ2v) is 7.51. The average Bonchev–Trinajstić information content (AvgIpc) is 3.42. The van der Waals surface area contributed by atoms with Gasteiger partial charge < -0.3 is 24.9 Å². The maximum atomic E-state index is 12.1. The van der Waals surface area contributed by atoms with E-state index in [9.17, 15) is 9.59 Å². The quantitative estimate of drug-likeness (QED) is 0.642. The summed E-state index contributed by atoms with van der Waals surface area (Å²) in [5.41, 5.74) is 8.97. The van der Waals surface area contributed by atoms with E-state index in [4.69, 9.17) is 15.5 Å². The average molecular weight is 395 g/mol. The summed E-state index contributed by atoms with van der Waals surface area (Å²) >= 11 is 0. The molecule has 0 unspecified atom stereocenters. The number of hydrogen-bond donors (Lipinski definition) is 2. The van der Waals surface area contributed by atoms with E-state index >= 15 is 0 Å². The lowest BCUT2D eigenvalue weighted by atomic mass is 10.2. The summed E-state index contributed by atoms with van der Waals surface area (Å²) in [4.78, 5) is 28.7. The number of hydrogen-bond acceptors (Lipinski definition) is 4. The van der Waals surface area contributed by atoms with Gasteiger partial charge in [0.15, 0.2) is 11.6 Å². The third kappa shape index (κ3) is 3.46. The van der Waals surface area contributed by atoms with Gasteiger partial charge in [0.05, 0.1) is 23.2 Å². The molecule has 2 heterocycles. The van der Waals surface area contributed by atoms with Crippen LogP contribution in [0, 0.1) is 5.92 Å². The van der Waals surface area contributed by atoms with E-state index in [1.54, 1.807) is 6.20 Å². The molecule has 8 nitrogen and oxygen atoms in total. The van der Waals surface area contributed by atoms with Gasteiger partial charge in [0, 0.05) is 31.9 Å². The molecule has 0 radical (unpaired) electrons. The zero-order valence-corrected chi connectivity index (χ0v) is 16.9. The molecule has 1 aromatic carbocycles. The van der Waals surface area contributed by atoms with Crippen molar-refractivity contribution in [3.63, 3.8) is 0 Å². The lowest BCUT2D eigenvalue weighted by Gasteiger charge is -2.10. The Kier molecular flexibility index (Phi) is 4.77. The fourth-order valence-corrected chi connectivity index (χ4v) is 3.47. The van der Waals surface area contributed by atoms with Crippen molar-refractivity contribution in [3.8, 4) is 17.3 Å². The van der Waals surface area contributed by atoms with E-state index in [0.29, 0.717) is 29.4 Å². The number of fused-ring (bicyclic) bond motifs is 1. The van der Waals surface area contributed by atoms with Crippen molar-refractivity contribution in [3.05, 3.63) is 30.0 Å². The lowest BCUT2D eigenvalue weighted by molar-refractivity contribution is -0.117. The summed E-state index contributed by atoms with van der Waals surface area (Å²) in [5, 5.41) is 2.95. The number of nitrogens with two attached hydrogens (primary N) is 1. The molecule has 8 heteroatoms. The zero-order chi connectivity index (χ0) is 20.7. The number of carbonyl (C=O) groups is 2. The second kappa shape index (κ2) is 7.27. The summed E-state index contributed by atoms with van der Waals surface area (Å²) in [7, 11) is 3.74. The number of primary amides is 1. The van der Waals surface area contributed by atoms with Crippen molar-refractivity contribution >= 4 is 28.5 Å². The van der Waals surface area contributed by atoms with Crippen LogP contribution in [0.25, 0.3) is 22.6 Å². The van der Waals surface area contributed by atoms with Crippen LogP contribution in [0.15, 0.2) is 24.4 Å². The fourth-order valence-electron chi connectivity index (χ4n) is 3.47. The Hall–Kier alpha value is -3.29. The van der Waals surface area contributed by atoms with Crippen molar-refractivity contribution < 1.29 is 14.3 Å². The first-order valence-corrected chi connectivity index (χ1v) is 9.80. The number of benzene rings is 1. The highest BCUT2D eigenvalue weighted by Gasteiger charge is 2.30. The molecule has 1 aliphatic carbocycles. The van der Waals surface area contributed by atoms with E-state index in [2.05, 4.69) is 5.32 Å². The second-order valence-electron chi connectivity index (χ2n) is 7.51. The minimum atomic E-state index is -0.540. The van der Waals surface area contributed by atoms with Gasteiger partial charge >= 0.3 is 0 Å². The largest absolute Gasteiger partial charge is 0.490 e. The van der Waals surface area contributed by atoms with Crippen LogP contribution in [0.5, 0.6) is 5.75 Å². The zero-order valence-electron chi connectivity index (χ0n) is 16.9. The summed E-state index contributed by atoms with van der Waals surface area (Å²) in [6.45, 7) is 2.47. The minimum Gasteiger partial charge on any atom is -0.490 e. The first kappa shape index (κ1) is 19.0. The molecule has 2 aromatic heterocycles. The van der Waals surface area contributed by atoms with Crippen molar-refractivity contribution in [2.45, 2.75) is 26.2 Å². The Bertz CT molecular complexity index is 1110. The monoisotopic (exact) mass is 395 g/mol. The van der Waals surface area contributed by atoms with Gasteiger partial charge in [-0.3, -0.25) is 9.59 Å². The van der Waals surface area contributed by atoms with Crippen LogP contribution in [0.1, 0.15) is 36.5 Å². The van der Waals surface area contributed by atoms with Crippen molar-refractivity contribution in [2.24, 2.45) is 25.7 Å². The van der Waals surface area contributed by atoms with E-state index in [-0.39, 0.29) is 11.8 Å². The number of imidazole rings is 1. The van der Waals surface area contributed by atoms with Gasteiger partial charge in [0.2, 0.25) is 5.91 Å². The molecule has 0 bridgehead atoms. The Morgan fingerprint density at radius 2 is 2.07 bits per heavy atom. The Balaban J connectivity index is 1.78. The predicted molar refractivity (Wildman–Crippen MR) is 111 cm³/mol. The van der Waals surface area contributed by atoms with Crippen molar-refractivity contribution in [2.75, 3.05) is 11.9 Å². The predicted octanol–water partition coefficient (Wildman–Crippen LogP) is 2.82. The maximum Gasteiger partial charge on any atom is 0.254 e. The highest BCUT2D eigenvalue weighted by atomic mass is 16.5. The topological polar surface area (TPSA) is 104 Å². The lowest BCUT2D eigenvalue weighted by Crippen LogP contribution is -2.13. The van der Waals surface area contributed by atoms with Crippen LogP contribution in [0.4, 0.5) is 5.69 Å². The molecular weight excluding hydrogens is 370 g/mol. The number of rotatable bonds is 7. The fraction of sp³-hybridized carbons (Fsp3) is 0.381. The van der Waals surface area contributed by atoms with E-state index in [1.165, 1.54) is 0 Å². The standard InChI is InChI=1S/C21H25N5O3/c1-4-9-29-18-14(19(22)27)11-25(2)17(18)20-24-15-10-13(7-8-16(15)26(20)3)23-21(28)12-5-6-12/h7-8,10-12H,4-6,9H2,1-3H3,(H2,22,27)(H,23,28). The number of amides is 2. The molecule has 4 rings (SSSR count). The van der Waals surface area contributed by atoms with Crippen LogP contribution in [0.3, 0.4) is 0 Å². The summed E-state index contributed by atoms with van der Waals surface area (Å²) in [5.74, 6) is 0.763. The van der Waals surface area contributed by atoms with Crippen LogP contribution in [-0.4, -0.2) is 32.5 Å². The molecule has 0 spiro atoms. The Morgan fingerprint density at radius 1 is 1.31 bits per heavy atom. The van der Waals surface area contributed by atoms with Crippen LogP contribution in [-0.2, 0) is 18.9 Å². The number of ether oxygens (including phenoxy) is 1. The molecule has 3 N–H and O–H groups in total. The van der Waals surface area contributed by atoms with Crippen molar-refractivity contribution in [1.29, 1.82) is 0 Å². The molecule has 0 atom stereocenters. The van der Waals surface area contributed by atoms with Gasteiger partial charge in [-0.1, -0.05) is 6.92 Å². The highest BCUT2D eigenvalue weighted by molar-refractivity contribution is 5.99. The molecule has 1 saturated carbocycles. The molecule has 1 fully saturated rings. The smallest absolute Gasteiger partial charge is 0.254 e. The van der Waals surface area contributed by atoms with Gasteiger partial charge in [0.25, 0.3) is 5.91 Å².